The minimum absolute atomic E-state index is 0.0652. The van der Waals surface area contributed by atoms with Crippen molar-refractivity contribution in [1.29, 1.82) is 0 Å². The van der Waals surface area contributed by atoms with Crippen LogP contribution in [0, 0.1) is 17.8 Å². The Labute approximate surface area is 165 Å². The summed E-state index contributed by atoms with van der Waals surface area (Å²) in [6, 6.07) is 0.420. The topological polar surface area (TPSA) is 71.0 Å². The number of likely N-dealkylation sites (tertiary alicyclic amines) is 1. The number of rotatable bonds is 5. The zero-order valence-electron chi connectivity index (χ0n) is 16.4. The molecule has 2 aliphatic carbocycles. The van der Waals surface area contributed by atoms with Crippen molar-refractivity contribution >= 4 is 28.7 Å². The number of carbonyl (C=O) groups excluding carboxylic acids is 2. The molecule has 4 rings (SSSR count). The highest BCUT2D eigenvalue weighted by Gasteiger charge is 2.46. The maximum Gasteiger partial charge on any atom is 0.248 e. The lowest BCUT2D eigenvalue weighted by Gasteiger charge is -2.34. The standard InChI is InChI=1S/C20H31N3O3S/c1-20(11-13-5-7-23(8-6-13)17(24)12-26-2)18(25)22-19(27-20)21-16-10-14-3-4-15(16)9-14/h13-16H,3-12H2,1-2H3,(H,21,22,25)/t14-,15-,16-,20?/m0/s1. The van der Waals surface area contributed by atoms with E-state index in [1.807, 2.05) is 4.90 Å². The Kier molecular flexibility index (Phi) is 5.52. The van der Waals surface area contributed by atoms with Crippen LogP contribution in [0.1, 0.15) is 51.9 Å². The van der Waals surface area contributed by atoms with Crippen LogP contribution in [-0.4, -0.2) is 59.5 Å². The average molecular weight is 394 g/mol. The summed E-state index contributed by atoms with van der Waals surface area (Å²) < 4.78 is 4.51. The summed E-state index contributed by atoms with van der Waals surface area (Å²) in [6.07, 6.45) is 7.98. The van der Waals surface area contributed by atoms with Gasteiger partial charge in [0.25, 0.3) is 0 Å². The molecule has 4 atom stereocenters. The van der Waals surface area contributed by atoms with Crippen molar-refractivity contribution in [3.8, 4) is 0 Å². The summed E-state index contributed by atoms with van der Waals surface area (Å²) in [4.78, 5) is 31.4. The lowest BCUT2D eigenvalue weighted by Crippen LogP contribution is -2.42. The second-order valence-corrected chi connectivity index (χ2v) is 10.4. The number of amides is 2. The smallest absolute Gasteiger partial charge is 0.248 e. The molecule has 2 saturated carbocycles. The van der Waals surface area contributed by atoms with Crippen molar-refractivity contribution in [2.75, 3.05) is 26.8 Å². The van der Waals surface area contributed by atoms with Gasteiger partial charge in [-0.3, -0.25) is 14.6 Å². The van der Waals surface area contributed by atoms with Crippen LogP contribution in [0.25, 0.3) is 0 Å². The van der Waals surface area contributed by atoms with Gasteiger partial charge in [-0.2, -0.15) is 0 Å². The number of fused-ring (bicyclic) bond motifs is 2. The van der Waals surface area contributed by atoms with Crippen LogP contribution < -0.4 is 5.32 Å². The Morgan fingerprint density at radius 3 is 2.70 bits per heavy atom. The van der Waals surface area contributed by atoms with Crippen molar-refractivity contribution in [3.05, 3.63) is 0 Å². The summed E-state index contributed by atoms with van der Waals surface area (Å²) in [5.41, 5.74) is 0. The lowest BCUT2D eigenvalue weighted by molar-refractivity contribution is -0.136. The number of hydrogen-bond donors (Lipinski definition) is 1. The number of thioether (sulfide) groups is 1. The normalized spacial score (nSPS) is 38.0. The maximum absolute atomic E-state index is 12.7. The van der Waals surface area contributed by atoms with Crippen molar-refractivity contribution in [1.82, 2.24) is 10.2 Å². The molecule has 0 aromatic rings. The van der Waals surface area contributed by atoms with Crippen LogP contribution >= 0.6 is 11.8 Å². The molecule has 0 aromatic carbocycles. The summed E-state index contributed by atoms with van der Waals surface area (Å²) in [6.45, 7) is 3.74. The molecule has 0 radical (unpaired) electrons. The Hall–Kier alpha value is -1.08. The number of carbonyl (C=O) groups is 2. The first-order chi connectivity index (χ1) is 13.0. The van der Waals surface area contributed by atoms with Crippen LogP contribution in [0.4, 0.5) is 0 Å². The van der Waals surface area contributed by atoms with Gasteiger partial charge in [-0.05, 0) is 63.2 Å². The van der Waals surface area contributed by atoms with Gasteiger partial charge in [0.15, 0.2) is 5.17 Å². The summed E-state index contributed by atoms with van der Waals surface area (Å²) in [7, 11) is 1.55. The molecule has 7 heteroatoms. The molecule has 2 heterocycles. The van der Waals surface area contributed by atoms with Crippen LogP contribution in [0.15, 0.2) is 4.99 Å². The predicted octanol–water partition coefficient (Wildman–Crippen LogP) is 2.43. The third-order valence-corrected chi connectivity index (χ3v) is 8.12. The highest BCUT2D eigenvalue weighted by molar-refractivity contribution is 8.16. The largest absolute Gasteiger partial charge is 0.375 e. The fraction of sp³-hybridized carbons (Fsp3) is 0.850. The number of amidine groups is 1. The second kappa shape index (κ2) is 7.74. The van der Waals surface area contributed by atoms with E-state index in [0.717, 1.165) is 49.4 Å². The SMILES string of the molecule is COCC(=O)N1CCC(CC2(C)SC(=N[C@H]3C[C@H]4CC[C@H]3C4)NC2=O)CC1. The van der Waals surface area contributed by atoms with Gasteiger partial charge in [-0.25, -0.2) is 0 Å². The summed E-state index contributed by atoms with van der Waals surface area (Å²) >= 11 is 1.63. The highest BCUT2D eigenvalue weighted by atomic mass is 32.2. The van der Waals surface area contributed by atoms with E-state index < -0.39 is 4.75 Å². The third kappa shape index (κ3) is 4.04. The van der Waals surface area contributed by atoms with Crippen molar-refractivity contribution in [2.45, 2.75) is 62.7 Å². The zero-order chi connectivity index (χ0) is 19.0. The van der Waals surface area contributed by atoms with Gasteiger partial charge in [-0.15, -0.1) is 0 Å². The summed E-state index contributed by atoms with van der Waals surface area (Å²) in [5, 5.41) is 3.90. The van der Waals surface area contributed by atoms with E-state index in [1.165, 1.54) is 25.7 Å². The Balaban J connectivity index is 1.31. The van der Waals surface area contributed by atoms with E-state index in [1.54, 1.807) is 18.9 Å². The van der Waals surface area contributed by atoms with Crippen LogP contribution in [0.5, 0.6) is 0 Å². The molecule has 0 spiro atoms. The quantitative estimate of drug-likeness (QED) is 0.779. The predicted molar refractivity (Wildman–Crippen MR) is 107 cm³/mol. The molecule has 2 bridgehead atoms. The minimum atomic E-state index is -0.431. The number of piperidine rings is 1. The number of methoxy groups -OCH3 is 1. The van der Waals surface area contributed by atoms with Crippen LogP contribution in [0.3, 0.4) is 0 Å². The van der Waals surface area contributed by atoms with Gasteiger partial charge in [0.2, 0.25) is 11.8 Å². The van der Waals surface area contributed by atoms with Gasteiger partial charge in [0, 0.05) is 20.2 Å². The Morgan fingerprint density at radius 1 is 1.30 bits per heavy atom. The van der Waals surface area contributed by atoms with Gasteiger partial charge in [0.1, 0.15) is 6.61 Å². The fourth-order valence-corrected chi connectivity index (χ4v) is 6.60. The number of hydrogen-bond acceptors (Lipinski definition) is 5. The van der Waals surface area contributed by atoms with Crippen molar-refractivity contribution in [3.63, 3.8) is 0 Å². The first-order valence-electron chi connectivity index (χ1n) is 10.3. The van der Waals surface area contributed by atoms with E-state index in [2.05, 4.69) is 12.2 Å². The van der Waals surface area contributed by atoms with E-state index in [4.69, 9.17) is 9.73 Å². The van der Waals surface area contributed by atoms with Crippen LogP contribution in [0.2, 0.25) is 0 Å². The first kappa shape index (κ1) is 19.2. The molecule has 1 unspecified atom stereocenters. The van der Waals surface area contributed by atoms with Gasteiger partial charge >= 0.3 is 0 Å². The lowest BCUT2D eigenvalue weighted by atomic mass is 9.87. The zero-order valence-corrected chi connectivity index (χ0v) is 17.2. The molecule has 0 aromatic heterocycles. The molecule has 2 aliphatic heterocycles. The van der Waals surface area contributed by atoms with E-state index >= 15 is 0 Å². The second-order valence-electron chi connectivity index (χ2n) is 8.92. The Morgan fingerprint density at radius 2 is 2.07 bits per heavy atom. The first-order valence-corrected chi connectivity index (χ1v) is 11.1. The molecule has 6 nitrogen and oxygen atoms in total. The van der Waals surface area contributed by atoms with Gasteiger partial charge < -0.3 is 15.0 Å². The molecule has 27 heavy (non-hydrogen) atoms. The molecule has 2 saturated heterocycles. The molecule has 4 fully saturated rings. The molecule has 2 amide bonds. The molecular weight excluding hydrogens is 362 g/mol. The number of nitrogens with zero attached hydrogens (tertiary/aromatic N) is 2. The van der Waals surface area contributed by atoms with Gasteiger partial charge in [0.05, 0.1) is 10.8 Å². The molecular formula is C20H31N3O3S. The van der Waals surface area contributed by atoms with E-state index in [-0.39, 0.29) is 18.4 Å². The fourth-order valence-electron chi connectivity index (χ4n) is 5.38. The number of nitrogens with one attached hydrogen (secondary N) is 1. The van der Waals surface area contributed by atoms with Crippen molar-refractivity contribution < 1.29 is 14.3 Å². The van der Waals surface area contributed by atoms with Gasteiger partial charge in [-0.1, -0.05) is 18.2 Å². The molecule has 150 valence electrons. The van der Waals surface area contributed by atoms with E-state index in [0.29, 0.717) is 12.0 Å². The molecule has 4 aliphatic rings. The summed E-state index contributed by atoms with van der Waals surface area (Å²) in [5.74, 6) is 2.24. The minimum Gasteiger partial charge on any atom is -0.375 e. The number of aliphatic imine (C=N–C) groups is 1. The number of ether oxygens (including phenoxy) is 1. The Bertz CT molecular complexity index is 632. The molecule has 1 N–H and O–H groups in total. The van der Waals surface area contributed by atoms with E-state index in [9.17, 15) is 9.59 Å². The highest BCUT2D eigenvalue weighted by Crippen LogP contribution is 2.47. The maximum atomic E-state index is 12.7. The van der Waals surface area contributed by atoms with Crippen LogP contribution in [-0.2, 0) is 14.3 Å². The third-order valence-electron chi connectivity index (χ3n) is 6.92. The monoisotopic (exact) mass is 393 g/mol. The average Bonchev–Trinajstić information content (AvgIpc) is 3.31. The van der Waals surface area contributed by atoms with Crippen molar-refractivity contribution in [2.24, 2.45) is 22.7 Å².